The summed E-state index contributed by atoms with van der Waals surface area (Å²) in [6.45, 7) is 6.33. The molecular formula is C30H33N3O5. The number of ether oxygens (including phenoxy) is 3. The van der Waals surface area contributed by atoms with Crippen molar-refractivity contribution in [2.45, 2.75) is 33.2 Å². The highest BCUT2D eigenvalue weighted by molar-refractivity contribution is 5.96. The molecular weight excluding hydrogens is 482 g/mol. The Morgan fingerprint density at radius 2 is 1.66 bits per heavy atom. The van der Waals surface area contributed by atoms with E-state index >= 15 is 0 Å². The summed E-state index contributed by atoms with van der Waals surface area (Å²) in [7, 11) is 4.54. The Morgan fingerprint density at radius 1 is 0.974 bits per heavy atom. The van der Waals surface area contributed by atoms with Crippen LogP contribution in [0.2, 0.25) is 0 Å². The lowest BCUT2D eigenvalue weighted by molar-refractivity contribution is 0.0680. The molecule has 3 aromatic carbocycles. The van der Waals surface area contributed by atoms with E-state index < -0.39 is 6.04 Å². The lowest BCUT2D eigenvalue weighted by Gasteiger charge is -2.31. The maximum Gasteiger partial charge on any atom is 0.266 e. The van der Waals surface area contributed by atoms with E-state index in [0.29, 0.717) is 58.2 Å². The van der Waals surface area contributed by atoms with Gasteiger partial charge in [-0.05, 0) is 62.2 Å². The van der Waals surface area contributed by atoms with E-state index in [1.165, 1.54) is 21.3 Å². The first kappa shape index (κ1) is 26.7. The molecule has 4 rings (SSSR count). The van der Waals surface area contributed by atoms with E-state index in [9.17, 15) is 9.59 Å². The first-order valence-corrected chi connectivity index (χ1v) is 12.5. The van der Waals surface area contributed by atoms with Crippen molar-refractivity contribution in [1.29, 1.82) is 0 Å². The first-order valence-electron chi connectivity index (χ1n) is 12.5. The molecule has 0 N–H and O–H groups in total. The third kappa shape index (κ3) is 4.94. The Morgan fingerprint density at radius 3 is 2.26 bits per heavy atom. The van der Waals surface area contributed by atoms with Crippen molar-refractivity contribution < 1.29 is 19.0 Å². The van der Waals surface area contributed by atoms with Gasteiger partial charge in [-0.15, -0.1) is 0 Å². The van der Waals surface area contributed by atoms with Gasteiger partial charge >= 0.3 is 0 Å². The van der Waals surface area contributed by atoms with Crippen LogP contribution in [0.1, 0.15) is 48.1 Å². The normalized spacial score (nSPS) is 11.7. The van der Waals surface area contributed by atoms with Crippen LogP contribution in [0.4, 0.5) is 0 Å². The highest BCUT2D eigenvalue weighted by Gasteiger charge is 2.29. The zero-order chi connectivity index (χ0) is 27.4. The highest BCUT2D eigenvalue weighted by Crippen LogP contribution is 2.39. The molecule has 0 saturated carbocycles. The van der Waals surface area contributed by atoms with Gasteiger partial charge in [0, 0.05) is 12.1 Å². The molecule has 198 valence electrons. The number of fused-ring (bicyclic) bond motifs is 1. The van der Waals surface area contributed by atoms with E-state index in [-0.39, 0.29) is 11.5 Å². The molecule has 1 amide bonds. The molecule has 0 spiro atoms. The second-order valence-electron chi connectivity index (χ2n) is 9.06. The first-order chi connectivity index (χ1) is 18.3. The van der Waals surface area contributed by atoms with Crippen LogP contribution in [-0.2, 0) is 0 Å². The molecule has 1 atom stereocenters. The number of carbonyl (C=O) groups excluding carboxylic acids is 1. The summed E-state index contributed by atoms with van der Waals surface area (Å²) in [6, 6.07) is 17.7. The number of hydrogen-bond acceptors (Lipinski definition) is 6. The van der Waals surface area contributed by atoms with Crippen LogP contribution >= 0.6 is 0 Å². The van der Waals surface area contributed by atoms with Crippen molar-refractivity contribution in [2.24, 2.45) is 0 Å². The van der Waals surface area contributed by atoms with Crippen LogP contribution in [0.15, 0.2) is 65.5 Å². The zero-order valence-corrected chi connectivity index (χ0v) is 22.6. The fourth-order valence-electron chi connectivity index (χ4n) is 4.67. The van der Waals surface area contributed by atoms with Gasteiger partial charge in [0.05, 0.1) is 44.0 Å². The summed E-state index contributed by atoms with van der Waals surface area (Å²) >= 11 is 0. The number of aromatic nitrogens is 2. The second kappa shape index (κ2) is 11.4. The number of rotatable bonds is 9. The molecule has 1 heterocycles. The van der Waals surface area contributed by atoms with Crippen LogP contribution in [0, 0.1) is 6.92 Å². The third-order valence-corrected chi connectivity index (χ3v) is 6.54. The van der Waals surface area contributed by atoms with Gasteiger partial charge in [-0.25, -0.2) is 4.98 Å². The molecule has 0 aliphatic carbocycles. The Kier molecular flexibility index (Phi) is 8.00. The van der Waals surface area contributed by atoms with E-state index in [1.54, 1.807) is 27.7 Å². The fraction of sp³-hybridized carbons (Fsp3) is 0.300. The minimum Gasteiger partial charge on any atom is -0.493 e. The molecule has 0 bridgehead atoms. The van der Waals surface area contributed by atoms with Crippen LogP contribution < -0.4 is 19.8 Å². The van der Waals surface area contributed by atoms with Crippen LogP contribution in [0.5, 0.6) is 17.2 Å². The second-order valence-corrected chi connectivity index (χ2v) is 9.06. The minimum absolute atomic E-state index is 0.181. The summed E-state index contributed by atoms with van der Waals surface area (Å²) in [5.74, 6) is 1.43. The predicted molar refractivity (Wildman–Crippen MR) is 148 cm³/mol. The highest BCUT2D eigenvalue weighted by atomic mass is 16.5. The van der Waals surface area contributed by atoms with Gasteiger partial charge in [-0.3, -0.25) is 14.2 Å². The SMILES string of the molecule is CCCN(C(=O)c1cc(OC)c(OC)c(OC)c1)C(C)c1nc2ccccc2c(=O)n1-c1cccc(C)c1. The maximum atomic E-state index is 14.0. The topological polar surface area (TPSA) is 82.9 Å². The maximum absolute atomic E-state index is 14.0. The van der Waals surface area contributed by atoms with Gasteiger partial charge in [0.25, 0.3) is 11.5 Å². The molecule has 1 aromatic heterocycles. The molecule has 8 heteroatoms. The summed E-state index contributed by atoms with van der Waals surface area (Å²) in [6.07, 6.45) is 0.711. The minimum atomic E-state index is -0.528. The van der Waals surface area contributed by atoms with Gasteiger partial charge in [0.1, 0.15) is 5.82 Å². The molecule has 0 radical (unpaired) electrons. The number of aryl methyl sites for hydroxylation is 1. The Balaban J connectivity index is 1.90. The Bertz CT molecular complexity index is 1500. The molecule has 1 unspecified atom stereocenters. The van der Waals surface area contributed by atoms with Gasteiger partial charge in [-0.2, -0.15) is 0 Å². The van der Waals surface area contributed by atoms with Crippen LogP contribution in [-0.4, -0.2) is 48.2 Å². The molecule has 8 nitrogen and oxygen atoms in total. The number of nitrogens with zero attached hydrogens (tertiary/aromatic N) is 3. The van der Waals surface area contributed by atoms with Crippen molar-refractivity contribution in [3.63, 3.8) is 0 Å². The van der Waals surface area contributed by atoms with Crippen molar-refractivity contribution in [2.75, 3.05) is 27.9 Å². The van der Waals surface area contributed by atoms with E-state index in [0.717, 1.165) is 5.56 Å². The monoisotopic (exact) mass is 515 g/mol. The molecule has 4 aromatic rings. The number of amides is 1. The number of para-hydroxylation sites is 1. The third-order valence-electron chi connectivity index (χ3n) is 6.54. The zero-order valence-electron chi connectivity index (χ0n) is 22.6. The number of carbonyl (C=O) groups is 1. The fourth-order valence-corrected chi connectivity index (χ4v) is 4.67. The molecule has 0 fully saturated rings. The molecule has 0 aliphatic heterocycles. The van der Waals surface area contributed by atoms with Gasteiger partial charge in [-0.1, -0.05) is 31.2 Å². The van der Waals surface area contributed by atoms with Crippen molar-refractivity contribution in [1.82, 2.24) is 14.5 Å². The van der Waals surface area contributed by atoms with Crippen molar-refractivity contribution >= 4 is 16.8 Å². The standard InChI is InChI=1S/C30H33N3O5/c1-7-15-32(29(34)21-17-25(36-4)27(38-6)26(18-21)37-5)20(3)28-31-24-14-9-8-13-23(24)30(35)33(28)22-12-10-11-19(2)16-22/h8-14,16-18,20H,7,15H2,1-6H3. The predicted octanol–water partition coefficient (Wildman–Crippen LogP) is 5.33. The van der Waals surface area contributed by atoms with Crippen molar-refractivity contribution in [3.8, 4) is 22.9 Å². The summed E-state index contributed by atoms with van der Waals surface area (Å²) < 4.78 is 18.0. The number of benzene rings is 3. The van der Waals surface area contributed by atoms with Crippen LogP contribution in [0.3, 0.4) is 0 Å². The number of methoxy groups -OCH3 is 3. The summed E-state index contributed by atoms with van der Waals surface area (Å²) in [5, 5.41) is 0.517. The Hall–Kier alpha value is -4.33. The average molecular weight is 516 g/mol. The quantitative estimate of drug-likeness (QED) is 0.300. The van der Waals surface area contributed by atoms with E-state index in [1.807, 2.05) is 63.2 Å². The van der Waals surface area contributed by atoms with E-state index in [4.69, 9.17) is 19.2 Å². The van der Waals surface area contributed by atoms with Gasteiger partial charge in [0.15, 0.2) is 11.5 Å². The van der Waals surface area contributed by atoms with Gasteiger partial charge < -0.3 is 19.1 Å². The number of hydrogen-bond donors (Lipinski definition) is 0. The Labute approximate surface area is 222 Å². The molecule has 0 saturated heterocycles. The lowest BCUT2D eigenvalue weighted by atomic mass is 10.1. The summed E-state index contributed by atoms with van der Waals surface area (Å²) in [4.78, 5) is 34.4. The largest absolute Gasteiger partial charge is 0.493 e. The van der Waals surface area contributed by atoms with Crippen LogP contribution in [0.25, 0.3) is 16.6 Å². The average Bonchev–Trinajstić information content (AvgIpc) is 2.94. The van der Waals surface area contributed by atoms with Gasteiger partial charge in [0.2, 0.25) is 5.75 Å². The van der Waals surface area contributed by atoms with Crippen molar-refractivity contribution in [3.05, 3.63) is 88.0 Å². The smallest absolute Gasteiger partial charge is 0.266 e. The lowest BCUT2D eigenvalue weighted by Crippen LogP contribution is -2.38. The molecule has 0 aliphatic rings. The van der Waals surface area contributed by atoms with E-state index in [2.05, 4.69) is 0 Å². The summed E-state index contributed by atoms with van der Waals surface area (Å²) in [5.41, 5.74) is 2.50. The molecule has 38 heavy (non-hydrogen) atoms.